The van der Waals surface area contributed by atoms with Gasteiger partial charge in [0.25, 0.3) is 0 Å². The van der Waals surface area contributed by atoms with Crippen LogP contribution in [0, 0.1) is 10.1 Å². The van der Waals surface area contributed by atoms with Crippen LogP contribution in [0.5, 0.6) is 0 Å². The molecule has 1 N–H and O–H groups in total. The van der Waals surface area contributed by atoms with Gasteiger partial charge in [-0.1, -0.05) is 15.9 Å². The third-order valence-electron chi connectivity index (χ3n) is 1.03. The summed E-state index contributed by atoms with van der Waals surface area (Å²) in [6, 6.07) is 0. The van der Waals surface area contributed by atoms with Crippen molar-refractivity contribution in [2.45, 2.75) is 5.33 Å². The van der Waals surface area contributed by atoms with Crippen molar-refractivity contribution in [1.29, 1.82) is 0 Å². The molecular formula is C4H4BrN3O2. The van der Waals surface area contributed by atoms with Crippen LogP contribution in [0.25, 0.3) is 0 Å². The molecule has 0 fully saturated rings. The van der Waals surface area contributed by atoms with Gasteiger partial charge in [0.15, 0.2) is 0 Å². The fourth-order valence-corrected chi connectivity index (χ4v) is 0.975. The average molecular weight is 206 g/mol. The molecule has 0 saturated carbocycles. The lowest BCUT2D eigenvalue weighted by molar-refractivity contribution is -0.385. The lowest BCUT2D eigenvalue weighted by Crippen LogP contribution is -1.89. The minimum atomic E-state index is -0.472. The molecule has 0 spiro atoms. The van der Waals surface area contributed by atoms with Crippen molar-refractivity contribution < 1.29 is 4.92 Å². The molecule has 0 amide bonds. The molecule has 1 aromatic rings. The van der Waals surface area contributed by atoms with Gasteiger partial charge in [0.2, 0.25) is 0 Å². The summed E-state index contributed by atoms with van der Waals surface area (Å²) in [5.74, 6) is 0. The van der Waals surface area contributed by atoms with E-state index >= 15 is 0 Å². The first-order valence-corrected chi connectivity index (χ1v) is 3.60. The number of alkyl halides is 1. The van der Waals surface area contributed by atoms with Crippen LogP contribution < -0.4 is 0 Å². The smallest absolute Gasteiger partial charge is 0.275 e. The lowest BCUT2D eigenvalue weighted by Gasteiger charge is -1.86. The molecule has 10 heavy (non-hydrogen) atoms. The van der Waals surface area contributed by atoms with Crippen LogP contribution in [0.15, 0.2) is 6.20 Å². The fourth-order valence-electron chi connectivity index (χ4n) is 0.562. The van der Waals surface area contributed by atoms with Crippen molar-refractivity contribution >= 4 is 21.6 Å². The van der Waals surface area contributed by atoms with E-state index in [4.69, 9.17) is 0 Å². The third-order valence-corrected chi connectivity index (χ3v) is 1.59. The van der Waals surface area contributed by atoms with Crippen molar-refractivity contribution in [3.63, 3.8) is 0 Å². The van der Waals surface area contributed by atoms with Crippen molar-refractivity contribution in [3.8, 4) is 0 Å². The van der Waals surface area contributed by atoms with Crippen LogP contribution in [0.2, 0.25) is 0 Å². The zero-order valence-corrected chi connectivity index (χ0v) is 6.46. The van der Waals surface area contributed by atoms with E-state index in [1.165, 1.54) is 6.20 Å². The number of rotatable bonds is 2. The molecule has 0 saturated heterocycles. The minimum Gasteiger partial charge on any atom is -0.275 e. The summed E-state index contributed by atoms with van der Waals surface area (Å²) < 4.78 is 0. The summed E-state index contributed by atoms with van der Waals surface area (Å²) in [6.07, 6.45) is 1.19. The van der Waals surface area contributed by atoms with Gasteiger partial charge in [-0.2, -0.15) is 5.10 Å². The maximum atomic E-state index is 10.2. The summed E-state index contributed by atoms with van der Waals surface area (Å²) in [5, 5.41) is 16.6. The molecule has 0 atom stereocenters. The number of hydrogen-bond donors (Lipinski definition) is 1. The number of aromatic nitrogens is 2. The Morgan fingerprint density at radius 2 is 2.60 bits per heavy atom. The summed E-state index contributed by atoms with van der Waals surface area (Å²) in [7, 11) is 0. The number of nitrogens with zero attached hydrogens (tertiary/aromatic N) is 2. The normalized spacial score (nSPS) is 9.70. The predicted octanol–water partition coefficient (Wildman–Crippen LogP) is 1.21. The molecule has 1 heterocycles. The van der Waals surface area contributed by atoms with Crippen molar-refractivity contribution in [3.05, 3.63) is 22.0 Å². The molecule has 0 radical (unpaired) electrons. The van der Waals surface area contributed by atoms with E-state index in [0.29, 0.717) is 11.0 Å². The largest absolute Gasteiger partial charge is 0.310 e. The van der Waals surface area contributed by atoms with Gasteiger partial charge in [-0.15, -0.1) is 0 Å². The zero-order chi connectivity index (χ0) is 7.56. The molecular weight excluding hydrogens is 202 g/mol. The van der Waals surface area contributed by atoms with Crippen LogP contribution >= 0.6 is 15.9 Å². The molecule has 0 unspecified atom stereocenters. The number of nitrogens with one attached hydrogen (secondary N) is 1. The maximum Gasteiger partial charge on any atom is 0.310 e. The van der Waals surface area contributed by atoms with Gasteiger partial charge in [0.1, 0.15) is 11.9 Å². The van der Waals surface area contributed by atoms with E-state index in [1.54, 1.807) is 0 Å². The molecule has 0 aliphatic rings. The number of aromatic amines is 1. The third kappa shape index (κ3) is 1.15. The molecule has 0 aliphatic heterocycles. The second-order valence-corrected chi connectivity index (χ2v) is 2.19. The first-order chi connectivity index (χ1) is 4.75. The highest BCUT2D eigenvalue weighted by molar-refractivity contribution is 9.08. The van der Waals surface area contributed by atoms with Crippen LogP contribution in [-0.4, -0.2) is 15.1 Å². The second-order valence-electron chi connectivity index (χ2n) is 1.62. The monoisotopic (exact) mass is 205 g/mol. The number of halogens is 1. The van der Waals surface area contributed by atoms with Crippen molar-refractivity contribution in [2.75, 3.05) is 0 Å². The molecule has 0 aromatic carbocycles. The van der Waals surface area contributed by atoms with Gasteiger partial charge in [-0.25, -0.2) is 0 Å². The van der Waals surface area contributed by atoms with Crippen LogP contribution in [-0.2, 0) is 5.33 Å². The van der Waals surface area contributed by atoms with E-state index in [0.717, 1.165) is 0 Å². The highest BCUT2D eigenvalue weighted by Gasteiger charge is 2.13. The fraction of sp³-hybridized carbons (Fsp3) is 0.250. The Morgan fingerprint density at radius 1 is 1.90 bits per heavy atom. The van der Waals surface area contributed by atoms with E-state index in [1.807, 2.05) is 0 Å². The number of hydrogen-bond acceptors (Lipinski definition) is 3. The highest BCUT2D eigenvalue weighted by Crippen LogP contribution is 2.16. The molecule has 1 aromatic heterocycles. The number of nitro groups is 1. The molecule has 0 aliphatic carbocycles. The maximum absolute atomic E-state index is 10.2. The van der Waals surface area contributed by atoms with Gasteiger partial charge in [0.05, 0.1) is 10.3 Å². The quantitative estimate of drug-likeness (QED) is 0.449. The summed E-state index contributed by atoms with van der Waals surface area (Å²) in [6.45, 7) is 0. The Bertz CT molecular complexity index is 246. The van der Waals surface area contributed by atoms with Gasteiger partial charge >= 0.3 is 5.69 Å². The SMILES string of the molecule is O=[N+]([O-])c1cn[nH]c1CBr. The number of H-pyrrole nitrogens is 1. The Hall–Kier alpha value is -0.910. The first-order valence-electron chi connectivity index (χ1n) is 2.48. The summed E-state index contributed by atoms with van der Waals surface area (Å²) in [4.78, 5) is 9.69. The van der Waals surface area contributed by atoms with Crippen LogP contribution in [0.3, 0.4) is 0 Å². The molecule has 6 heteroatoms. The standard InChI is InChI=1S/C4H4BrN3O2/c5-1-3-4(8(9)10)2-6-7-3/h2H,1H2,(H,6,7). The molecule has 0 bridgehead atoms. The van der Waals surface area contributed by atoms with Crippen LogP contribution in [0.4, 0.5) is 5.69 Å². The Morgan fingerprint density at radius 3 is 3.00 bits per heavy atom. The summed E-state index contributed by atoms with van der Waals surface area (Å²) >= 11 is 3.08. The Kier molecular flexibility index (Phi) is 2.00. The predicted molar refractivity (Wildman–Crippen MR) is 37.9 cm³/mol. The highest BCUT2D eigenvalue weighted by atomic mass is 79.9. The van der Waals surface area contributed by atoms with Gasteiger partial charge in [-0.3, -0.25) is 15.2 Å². The molecule has 1 rings (SSSR count). The van der Waals surface area contributed by atoms with Crippen molar-refractivity contribution in [1.82, 2.24) is 10.2 Å². The van der Waals surface area contributed by atoms with E-state index < -0.39 is 4.92 Å². The van der Waals surface area contributed by atoms with E-state index in [2.05, 4.69) is 26.1 Å². The first kappa shape index (κ1) is 7.20. The molecule has 54 valence electrons. The Labute approximate surface area is 64.7 Å². The zero-order valence-electron chi connectivity index (χ0n) is 4.87. The topological polar surface area (TPSA) is 71.8 Å². The lowest BCUT2D eigenvalue weighted by atomic mass is 10.4. The van der Waals surface area contributed by atoms with Gasteiger partial charge in [-0.05, 0) is 0 Å². The second kappa shape index (κ2) is 2.78. The van der Waals surface area contributed by atoms with Crippen molar-refractivity contribution in [2.24, 2.45) is 0 Å². The van der Waals surface area contributed by atoms with Gasteiger partial charge in [0, 0.05) is 0 Å². The van der Waals surface area contributed by atoms with E-state index in [9.17, 15) is 10.1 Å². The Balaban J connectivity index is 3.01. The summed E-state index contributed by atoms with van der Waals surface area (Å²) in [5.41, 5.74) is 0.516. The van der Waals surface area contributed by atoms with E-state index in [-0.39, 0.29) is 5.69 Å². The average Bonchev–Trinajstić information content (AvgIpc) is 2.33. The molecule has 5 nitrogen and oxygen atoms in total. The van der Waals surface area contributed by atoms with Gasteiger partial charge < -0.3 is 0 Å². The minimum absolute atomic E-state index is 0.0249. The van der Waals surface area contributed by atoms with Crippen LogP contribution in [0.1, 0.15) is 5.69 Å².